The highest BCUT2D eigenvalue weighted by atomic mass is 14.3. The van der Waals surface area contributed by atoms with Gasteiger partial charge in [-0.25, -0.2) is 0 Å². The molecule has 1 rings (SSSR count). The third-order valence-electron chi connectivity index (χ3n) is 3.11. The molecular weight excluding hydrogens is 132 g/mol. The first-order valence-electron chi connectivity index (χ1n) is 4.21. The highest BCUT2D eigenvalue weighted by Crippen LogP contribution is 2.39. The van der Waals surface area contributed by atoms with Crippen LogP contribution in [0.15, 0.2) is 11.6 Å². The second kappa shape index (κ2) is 3.42. The van der Waals surface area contributed by atoms with Crippen molar-refractivity contribution in [3.8, 4) is 0 Å². The maximum Gasteiger partial charge on any atom is -0.0183 e. The molecule has 0 heteroatoms. The Bertz CT molecular complexity index is 151. The average molecular weight is 154 g/mol. The lowest BCUT2D eigenvalue weighted by Gasteiger charge is -2.35. The van der Waals surface area contributed by atoms with Crippen molar-refractivity contribution in [1.82, 2.24) is 0 Å². The molecule has 0 spiro atoms. The molecule has 0 aromatic carbocycles. The molecule has 0 aromatic heterocycles. The summed E-state index contributed by atoms with van der Waals surface area (Å²) in [4.78, 5) is 0. The Kier molecular flexibility index (Phi) is 3.34. The van der Waals surface area contributed by atoms with E-state index >= 15 is 0 Å². The molecule has 0 aliphatic heterocycles. The van der Waals surface area contributed by atoms with Crippen molar-refractivity contribution in [1.29, 1.82) is 0 Å². The van der Waals surface area contributed by atoms with Gasteiger partial charge < -0.3 is 0 Å². The lowest BCUT2D eigenvalue weighted by molar-refractivity contribution is 0.231. The van der Waals surface area contributed by atoms with E-state index < -0.39 is 0 Å². The van der Waals surface area contributed by atoms with Crippen LogP contribution in [0.2, 0.25) is 0 Å². The van der Waals surface area contributed by atoms with E-state index in [-0.39, 0.29) is 7.43 Å². The third-order valence-corrected chi connectivity index (χ3v) is 3.11. The molecule has 1 unspecified atom stereocenters. The Morgan fingerprint density at radius 3 is 2.36 bits per heavy atom. The normalized spacial score (nSPS) is 28.7. The van der Waals surface area contributed by atoms with Gasteiger partial charge in [0.25, 0.3) is 0 Å². The van der Waals surface area contributed by atoms with Crippen LogP contribution in [0.5, 0.6) is 0 Å². The summed E-state index contributed by atoms with van der Waals surface area (Å²) < 4.78 is 0. The monoisotopic (exact) mass is 154 g/mol. The first-order valence-corrected chi connectivity index (χ1v) is 4.21. The quantitative estimate of drug-likeness (QED) is 0.462. The molecule has 66 valence electrons. The zero-order valence-electron chi connectivity index (χ0n) is 7.57. The molecule has 0 saturated heterocycles. The minimum atomic E-state index is 0. The summed E-state index contributed by atoms with van der Waals surface area (Å²) in [6, 6.07) is 0. The summed E-state index contributed by atoms with van der Waals surface area (Å²) in [6.07, 6.45) is 5.02. The first-order chi connectivity index (χ1) is 4.54. The summed E-state index contributed by atoms with van der Waals surface area (Å²) in [5.41, 5.74) is 2.12. The van der Waals surface area contributed by atoms with Gasteiger partial charge in [0.1, 0.15) is 0 Å². The van der Waals surface area contributed by atoms with E-state index in [1.807, 2.05) is 0 Å². The van der Waals surface area contributed by atoms with Crippen molar-refractivity contribution in [2.45, 2.75) is 48.0 Å². The van der Waals surface area contributed by atoms with E-state index in [9.17, 15) is 0 Å². The van der Waals surface area contributed by atoms with Crippen LogP contribution < -0.4 is 0 Å². The van der Waals surface area contributed by atoms with Gasteiger partial charge in [0.15, 0.2) is 0 Å². The molecule has 0 bridgehead atoms. The van der Waals surface area contributed by atoms with Gasteiger partial charge in [0.05, 0.1) is 0 Å². The van der Waals surface area contributed by atoms with Crippen LogP contribution in [-0.4, -0.2) is 0 Å². The van der Waals surface area contributed by atoms with Gasteiger partial charge in [-0.2, -0.15) is 0 Å². The molecule has 0 heterocycles. The van der Waals surface area contributed by atoms with Crippen LogP contribution in [-0.2, 0) is 0 Å². The lowest BCUT2D eigenvalue weighted by atomic mass is 9.70. The van der Waals surface area contributed by atoms with Gasteiger partial charge in [-0.1, -0.05) is 39.8 Å². The fraction of sp³-hybridized carbons (Fsp3) is 0.818. The summed E-state index contributed by atoms with van der Waals surface area (Å²) in [7, 11) is 0. The van der Waals surface area contributed by atoms with E-state index in [0.717, 1.165) is 5.92 Å². The SMILES string of the molecule is C.CC1=CCCC(C)(C)C1C. The molecule has 0 nitrogen and oxygen atoms in total. The number of hydrogen-bond donors (Lipinski definition) is 0. The molecule has 0 aromatic rings. The second-order valence-electron chi connectivity index (χ2n) is 4.20. The van der Waals surface area contributed by atoms with Gasteiger partial charge in [-0.15, -0.1) is 0 Å². The summed E-state index contributed by atoms with van der Waals surface area (Å²) in [6.45, 7) is 9.33. The Morgan fingerprint density at radius 1 is 1.45 bits per heavy atom. The fourth-order valence-electron chi connectivity index (χ4n) is 1.68. The largest absolute Gasteiger partial charge is 0.0853 e. The third kappa shape index (κ3) is 2.08. The van der Waals surface area contributed by atoms with Crippen LogP contribution in [0.3, 0.4) is 0 Å². The van der Waals surface area contributed by atoms with Crippen molar-refractivity contribution < 1.29 is 0 Å². The van der Waals surface area contributed by atoms with Crippen LogP contribution in [0.4, 0.5) is 0 Å². The molecule has 0 radical (unpaired) electrons. The Hall–Kier alpha value is -0.260. The second-order valence-corrected chi connectivity index (χ2v) is 4.20. The minimum absolute atomic E-state index is 0. The zero-order valence-corrected chi connectivity index (χ0v) is 7.57. The van der Waals surface area contributed by atoms with Crippen molar-refractivity contribution in [3.63, 3.8) is 0 Å². The number of rotatable bonds is 0. The van der Waals surface area contributed by atoms with Gasteiger partial charge in [-0.3, -0.25) is 0 Å². The zero-order chi connectivity index (χ0) is 7.78. The Morgan fingerprint density at radius 2 is 2.00 bits per heavy atom. The summed E-state index contributed by atoms with van der Waals surface area (Å²) in [5, 5.41) is 0. The van der Waals surface area contributed by atoms with Crippen LogP contribution >= 0.6 is 0 Å². The molecule has 0 N–H and O–H groups in total. The molecule has 0 amide bonds. The molecule has 0 saturated carbocycles. The van der Waals surface area contributed by atoms with Gasteiger partial charge in [-0.05, 0) is 31.1 Å². The number of hydrogen-bond acceptors (Lipinski definition) is 0. The summed E-state index contributed by atoms with van der Waals surface area (Å²) >= 11 is 0. The Labute approximate surface area is 71.7 Å². The predicted molar refractivity (Wildman–Crippen MR) is 52.7 cm³/mol. The predicted octanol–water partition coefficient (Wildman–Crippen LogP) is 4.02. The smallest absolute Gasteiger partial charge is 0.0183 e. The van der Waals surface area contributed by atoms with Crippen molar-refractivity contribution in [2.24, 2.45) is 11.3 Å². The maximum absolute atomic E-state index is 2.38. The van der Waals surface area contributed by atoms with Crippen molar-refractivity contribution in [3.05, 3.63) is 11.6 Å². The number of allylic oxidation sites excluding steroid dienone is 2. The van der Waals surface area contributed by atoms with E-state index in [4.69, 9.17) is 0 Å². The lowest BCUT2D eigenvalue weighted by Crippen LogP contribution is -2.25. The Balaban J connectivity index is 0.000001000. The topological polar surface area (TPSA) is 0 Å². The van der Waals surface area contributed by atoms with Crippen LogP contribution in [0, 0.1) is 11.3 Å². The van der Waals surface area contributed by atoms with E-state index in [2.05, 4.69) is 33.8 Å². The minimum Gasteiger partial charge on any atom is -0.0853 e. The van der Waals surface area contributed by atoms with Crippen molar-refractivity contribution in [2.75, 3.05) is 0 Å². The highest BCUT2D eigenvalue weighted by Gasteiger charge is 2.28. The average Bonchev–Trinajstić information content (AvgIpc) is 1.83. The van der Waals surface area contributed by atoms with E-state index in [1.165, 1.54) is 12.8 Å². The van der Waals surface area contributed by atoms with Gasteiger partial charge >= 0.3 is 0 Å². The van der Waals surface area contributed by atoms with Gasteiger partial charge in [0.2, 0.25) is 0 Å². The van der Waals surface area contributed by atoms with Gasteiger partial charge in [0, 0.05) is 0 Å². The van der Waals surface area contributed by atoms with E-state index in [0.29, 0.717) is 5.41 Å². The maximum atomic E-state index is 2.38. The molecule has 1 atom stereocenters. The molecule has 11 heavy (non-hydrogen) atoms. The highest BCUT2D eigenvalue weighted by molar-refractivity contribution is 5.10. The van der Waals surface area contributed by atoms with Crippen LogP contribution in [0.1, 0.15) is 48.0 Å². The molecule has 0 fully saturated rings. The molecule has 1 aliphatic carbocycles. The first kappa shape index (κ1) is 10.7. The van der Waals surface area contributed by atoms with E-state index in [1.54, 1.807) is 5.57 Å². The van der Waals surface area contributed by atoms with Crippen molar-refractivity contribution >= 4 is 0 Å². The van der Waals surface area contributed by atoms with Crippen LogP contribution in [0.25, 0.3) is 0 Å². The molecular formula is C11H22. The fourth-order valence-corrected chi connectivity index (χ4v) is 1.68. The summed E-state index contributed by atoms with van der Waals surface area (Å²) in [5.74, 6) is 0.779. The standard InChI is InChI=1S/C10H18.CH4/c1-8-6-5-7-10(3,4)9(8)2;/h6,9H,5,7H2,1-4H3;1H4. The molecule has 1 aliphatic rings.